The molecule has 0 saturated heterocycles. The fourth-order valence-electron chi connectivity index (χ4n) is 1.47. The van der Waals surface area contributed by atoms with Crippen molar-refractivity contribution < 1.29 is 14.7 Å². The summed E-state index contributed by atoms with van der Waals surface area (Å²) in [5.41, 5.74) is 0. The van der Waals surface area contributed by atoms with Gasteiger partial charge in [0.15, 0.2) is 0 Å². The first-order valence-corrected chi connectivity index (χ1v) is 6.62. The number of amides is 1. The third-order valence-electron chi connectivity index (χ3n) is 2.35. The number of carboxylic acids is 1. The molecule has 0 fully saturated rings. The molecule has 2 N–H and O–H groups in total. The van der Waals surface area contributed by atoms with E-state index in [1.54, 1.807) is 17.4 Å². The van der Waals surface area contributed by atoms with Gasteiger partial charge in [0.1, 0.15) is 6.04 Å². The number of aliphatic carboxylic acids is 1. The standard InChI is InChI=1S/C13H17NO3S/c1-3-4-11(13(16)17)14-12(15)8-7-10-6-5-9(2)18-10/h5-8,11H,3-4H2,1-2H3,(H,14,15)(H,16,17)/b8-7+/t11-/m1/s1. The number of thiophene rings is 1. The number of rotatable bonds is 6. The monoisotopic (exact) mass is 267 g/mol. The lowest BCUT2D eigenvalue weighted by molar-refractivity contribution is -0.141. The van der Waals surface area contributed by atoms with Gasteiger partial charge in [0.05, 0.1) is 0 Å². The van der Waals surface area contributed by atoms with Gasteiger partial charge in [0, 0.05) is 15.8 Å². The zero-order valence-corrected chi connectivity index (χ0v) is 11.3. The van der Waals surface area contributed by atoms with Crippen LogP contribution >= 0.6 is 11.3 Å². The van der Waals surface area contributed by atoms with Gasteiger partial charge in [-0.3, -0.25) is 4.79 Å². The third-order valence-corrected chi connectivity index (χ3v) is 3.32. The van der Waals surface area contributed by atoms with Crippen LogP contribution in [-0.4, -0.2) is 23.0 Å². The quantitative estimate of drug-likeness (QED) is 0.778. The minimum absolute atomic E-state index is 0.373. The zero-order chi connectivity index (χ0) is 13.5. The molecule has 1 rings (SSSR count). The van der Waals surface area contributed by atoms with Crippen molar-refractivity contribution in [3.63, 3.8) is 0 Å². The van der Waals surface area contributed by atoms with Crippen LogP contribution in [0.3, 0.4) is 0 Å². The Kier molecular flexibility index (Phi) is 5.58. The molecule has 0 spiro atoms. The highest BCUT2D eigenvalue weighted by Gasteiger charge is 2.17. The van der Waals surface area contributed by atoms with Crippen LogP contribution in [0.2, 0.25) is 0 Å². The van der Waals surface area contributed by atoms with E-state index in [1.165, 1.54) is 11.0 Å². The minimum Gasteiger partial charge on any atom is -0.480 e. The maximum absolute atomic E-state index is 11.6. The molecule has 0 saturated carbocycles. The fraction of sp³-hybridized carbons (Fsp3) is 0.385. The van der Waals surface area contributed by atoms with Gasteiger partial charge in [-0.2, -0.15) is 0 Å². The largest absolute Gasteiger partial charge is 0.480 e. The molecule has 0 bridgehead atoms. The van der Waals surface area contributed by atoms with E-state index < -0.39 is 12.0 Å². The van der Waals surface area contributed by atoms with Crippen LogP contribution < -0.4 is 5.32 Å². The number of carboxylic acid groups (broad SMARTS) is 1. The molecule has 1 amide bonds. The lowest BCUT2D eigenvalue weighted by Gasteiger charge is -2.11. The summed E-state index contributed by atoms with van der Waals surface area (Å²) in [6.07, 6.45) is 4.22. The van der Waals surface area contributed by atoms with Gasteiger partial charge in [-0.1, -0.05) is 13.3 Å². The molecular formula is C13H17NO3S. The topological polar surface area (TPSA) is 66.4 Å². The van der Waals surface area contributed by atoms with Crippen LogP contribution in [0, 0.1) is 6.92 Å². The number of hydrogen-bond acceptors (Lipinski definition) is 3. The summed E-state index contributed by atoms with van der Waals surface area (Å²) in [4.78, 5) is 24.6. The van der Waals surface area contributed by atoms with Gasteiger partial charge in [0.2, 0.25) is 5.91 Å². The van der Waals surface area contributed by atoms with Crippen molar-refractivity contribution >= 4 is 29.3 Å². The Balaban J connectivity index is 2.54. The first kappa shape index (κ1) is 14.4. The summed E-state index contributed by atoms with van der Waals surface area (Å²) in [5, 5.41) is 11.4. The average molecular weight is 267 g/mol. The van der Waals surface area contributed by atoms with Crippen molar-refractivity contribution in [1.29, 1.82) is 0 Å². The van der Waals surface area contributed by atoms with Crippen LogP contribution in [0.1, 0.15) is 29.5 Å². The van der Waals surface area contributed by atoms with E-state index in [1.807, 2.05) is 26.0 Å². The Morgan fingerprint density at radius 2 is 2.22 bits per heavy atom. The molecular weight excluding hydrogens is 250 g/mol. The van der Waals surface area contributed by atoms with Crippen molar-refractivity contribution in [2.45, 2.75) is 32.7 Å². The van der Waals surface area contributed by atoms with E-state index in [0.29, 0.717) is 12.8 Å². The number of carbonyl (C=O) groups is 2. The molecule has 0 aliphatic heterocycles. The molecule has 1 atom stereocenters. The summed E-state index contributed by atoms with van der Waals surface area (Å²) in [6, 6.07) is 3.08. The van der Waals surface area contributed by atoms with Crippen LogP contribution in [-0.2, 0) is 9.59 Å². The molecule has 0 radical (unpaired) electrons. The van der Waals surface area contributed by atoms with Gasteiger partial charge in [-0.15, -0.1) is 11.3 Å². The Morgan fingerprint density at radius 3 is 2.72 bits per heavy atom. The Labute approximate surface area is 110 Å². The predicted octanol–water partition coefficient (Wildman–Crippen LogP) is 2.44. The SMILES string of the molecule is CCC[C@@H](NC(=O)/C=C/c1ccc(C)s1)C(=O)O. The minimum atomic E-state index is -0.995. The van der Waals surface area contributed by atoms with Crippen LogP contribution in [0.5, 0.6) is 0 Å². The van der Waals surface area contributed by atoms with Gasteiger partial charge >= 0.3 is 5.97 Å². The Morgan fingerprint density at radius 1 is 1.50 bits per heavy atom. The highest BCUT2D eigenvalue weighted by Crippen LogP contribution is 2.16. The molecule has 1 heterocycles. The van der Waals surface area contributed by atoms with Crippen molar-refractivity contribution in [1.82, 2.24) is 5.32 Å². The van der Waals surface area contributed by atoms with E-state index in [9.17, 15) is 9.59 Å². The summed E-state index contributed by atoms with van der Waals surface area (Å²) < 4.78 is 0. The van der Waals surface area contributed by atoms with Crippen LogP contribution in [0.25, 0.3) is 6.08 Å². The zero-order valence-electron chi connectivity index (χ0n) is 10.5. The lowest BCUT2D eigenvalue weighted by Crippen LogP contribution is -2.39. The molecule has 0 aliphatic carbocycles. The van der Waals surface area contributed by atoms with Crippen molar-refractivity contribution in [2.75, 3.05) is 0 Å². The van der Waals surface area contributed by atoms with E-state index in [-0.39, 0.29) is 5.91 Å². The number of nitrogens with one attached hydrogen (secondary N) is 1. The van der Waals surface area contributed by atoms with Gasteiger partial charge in [-0.05, 0) is 31.6 Å². The summed E-state index contributed by atoms with van der Waals surface area (Å²) in [5.74, 6) is -1.37. The lowest BCUT2D eigenvalue weighted by atomic mass is 10.1. The van der Waals surface area contributed by atoms with Crippen LogP contribution in [0.15, 0.2) is 18.2 Å². The van der Waals surface area contributed by atoms with Crippen molar-refractivity contribution in [3.05, 3.63) is 28.0 Å². The number of aryl methyl sites for hydroxylation is 1. The van der Waals surface area contributed by atoms with Gasteiger partial charge in [0.25, 0.3) is 0 Å². The Hall–Kier alpha value is -1.62. The summed E-state index contributed by atoms with van der Waals surface area (Å²) in [7, 11) is 0. The number of carbonyl (C=O) groups excluding carboxylic acids is 1. The fourth-order valence-corrected chi connectivity index (χ4v) is 2.25. The van der Waals surface area contributed by atoms with Crippen molar-refractivity contribution in [3.8, 4) is 0 Å². The second-order valence-electron chi connectivity index (χ2n) is 3.97. The maximum Gasteiger partial charge on any atom is 0.326 e. The van der Waals surface area contributed by atoms with Gasteiger partial charge < -0.3 is 10.4 Å². The molecule has 98 valence electrons. The van der Waals surface area contributed by atoms with Crippen LogP contribution in [0.4, 0.5) is 0 Å². The molecule has 5 heteroatoms. The number of hydrogen-bond donors (Lipinski definition) is 2. The molecule has 0 aromatic carbocycles. The highest BCUT2D eigenvalue weighted by atomic mass is 32.1. The highest BCUT2D eigenvalue weighted by molar-refractivity contribution is 7.12. The second-order valence-corrected chi connectivity index (χ2v) is 5.29. The smallest absolute Gasteiger partial charge is 0.326 e. The van der Waals surface area contributed by atoms with E-state index in [4.69, 9.17) is 5.11 Å². The van der Waals surface area contributed by atoms with Gasteiger partial charge in [-0.25, -0.2) is 4.79 Å². The first-order valence-electron chi connectivity index (χ1n) is 5.80. The second kappa shape index (κ2) is 6.96. The summed E-state index contributed by atoms with van der Waals surface area (Å²) in [6.45, 7) is 3.87. The molecule has 4 nitrogen and oxygen atoms in total. The van der Waals surface area contributed by atoms with E-state index in [0.717, 1.165) is 4.88 Å². The third kappa shape index (κ3) is 4.71. The predicted molar refractivity (Wildman–Crippen MR) is 72.6 cm³/mol. The molecule has 1 aromatic rings. The average Bonchev–Trinajstić information content (AvgIpc) is 2.72. The normalized spacial score (nSPS) is 12.6. The Bertz CT molecular complexity index is 451. The maximum atomic E-state index is 11.6. The first-order chi connectivity index (χ1) is 8.52. The molecule has 0 aliphatic rings. The molecule has 18 heavy (non-hydrogen) atoms. The molecule has 0 unspecified atom stereocenters. The van der Waals surface area contributed by atoms with E-state index >= 15 is 0 Å². The molecule has 1 aromatic heterocycles. The van der Waals surface area contributed by atoms with Crippen molar-refractivity contribution in [2.24, 2.45) is 0 Å². The van der Waals surface area contributed by atoms with E-state index in [2.05, 4.69) is 5.32 Å². The summed E-state index contributed by atoms with van der Waals surface area (Å²) >= 11 is 1.58.